The van der Waals surface area contributed by atoms with Crippen LogP contribution in [0.25, 0.3) is 10.8 Å². The minimum absolute atomic E-state index is 0.213. The Morgan fingerprint density at radius 1 is 1.03 bits per heavy atom. The second-order valence-corrected chi connectivity index (χ2v) is 7.32. The first-order valence-corrected chi connectivity index (χ1v) is 9.80. The third-order valence-electron chi connectivity index (χ3n) is 5.59. The van der Waals surface area contributed by atoms with E-state index in [0.717, 1.165) is 46.8 Å². The highest BCUT2D eigenvalue weighted by molar-refractivity contribution is 5.99. The normalized spacial score (nSPS) is 16.0. The Bertz CT molecular complexity index is 1150. The van der Waals surface area contributed by atoms with E-state index in [0.29, 0.717) is 12.4 Å². The number of imidazole rings is 1. The van der Waals surface area contributed by atoms with Crippen molar-refractivity contribution in [2.24, 2.45) is 0 Å². The van der Waals surface area contributed by atoms with Crippen molar-refractivity contribution in [2.45, 2.75) is 26.1 Å². The fourth-order valence-electron chi connectivity index (χ4n) is 4.01. The average Bonchev–Trinajstić information content (AvgIpc) is 3.23. The first-order valence-electron chi connectivity index (χ1n) is 9.80. The molecule has 0 aliphatic carbocycles. The summed E-state index contributed by atoms with van der Waals surface area (Å²) in [5.74, 6) is 2.63. The molecule has 1 unspecified atom stereocenters. The van der Waals surface area contributed by atoms with Crippen LogP contribution < -0.4 is 16.0 Å². The summed E-state index contributed by atoms with van der Waals surface area (Å²) in [6.45, 7) is 4.73. The van der Waals surface area contributed by atoms with Gasteiger partial charge in [-0.05, 0) is 30.7 Å². The van der Waals surface area contributed by atoms with Crippen LogP contribution in [0.1, 0.15) is 24.4 Å². The summed E-state index contributed by atoms with van der Waals surface area (Å²) in [6, 6.07) is 12.5. The van der Waals surface area contributed by atoms with Gasteiger partial charge in [0.1, 0.15) is 17.5 Å². The summed E-state index contributed by atoms with van der Waals surface area (Å²) >= 11 is 0. The van der Waals surface area contributed by atoms with E-state index in [2.05, 4.69) is 49.9 Å². The van der Waals surface area contributed by atoms with Gasteiger partial charge in [0, 0.05) is 60.9 Å². The predicted molar refractivity (Wildman–Crippen MR) is 116 cm³/mol. The molecule has 3 aromatic heterocycles. The SMILES string of the molecule is CC1c2nccn2CCN1c1ccc(CNc2cccc3c(N)nccc23)cn1. The van der Waals surface area contributed by atoms with Crippen LogP contribution in [0.2, 0.25) is 0 Å². The van der Waals surface area contributed by atoms with Crippen molar-refractivity contribution in [2.75, 3.05) is 22.5 Å². The number of nitrogens with two attached hydrogens (primary N) is 1. The third kappa shape index (κ3) is 3.14. The predicted octanol–water partition coefficient (Wildman–Crippen LogP) is 3.60. The zero-order valence-electron chi connectivity index (χ0n) is 16.3. The molecule has 7 nitrogen and oxygen atoms in total. The van der Waals surface area contributed by atoms with Crippen LogP contribution in [0.3, 0.4) is 0 Å². The van der Waals surface area contributed by atoms with Gasteiger partial charge in [-0.3, -0.25) is 0 Å². The lowest BCUT2D eigenvalue weighted by Crippen LogP contribution is -2.37. The van der Waals surface area contributed by atoms with Gasteiger partial charge in [0.25, 0.3) is 0 Å². The van der Waals surface area contributed by atoms with Crippen LogP contribution in [0.5, 0.6) is 0 Å². The standard InChI is InChI=1S/C22H23N7/c1-15-22-25-9-10-28(22)11-12-29(15)20-6-5-16(14-27-20)13-26-19-4-2-3-18-17(19)7-8-24-21(18)23/h2-10,14-15,26H,11-13H2,1H3,(H2,23,24). The smallest absolute Gasteiger partial charge is 0.131 e. The summed E-state index contributed by atoms with van der Waals surface area (Å²) in [7, 11) is 0. The number of benzene rings is 1. The number of nitrogens with zero attached hydrogens (tertiary/aromatic N) is 5. The van der Waals surface area contributed by atoms with Gasteiger partial charge in [0.15, 0.2) is 0 Å². The van der Waals surface area contributed by atoms with Crippen molar-refractivity contribution >= 4 is 28.1 Å². The Morgan fingerprint density at radius 2 is 1.97 bits per heavy atom. The van der Waals surface area contributed by atoms with E-state index in [1.54, 1.807) is 6.20 Å². The van der Waals surface area contributed by atoms with Crippen LogP contribution in [-0.4, -0.2) is 26.1 Å². The maximum Gasteiger partial charge on any atom is 0.131 e. The fraction of sp³-hybridized carbons (Fsp3) is 0.227. The van der Waals surface area contributed by atoms with Gasteiger partial charge in [-0.1, -0.05) is 18.2 Å². The molecule has 0 spiro atoms. The molecule has 1 aliphatic rings. The fourth-order valence-corrected chi connectivity index (χ4v) is 4.01. The van der Waals surface area contributed by atoms with Crippen LogP contribution in [0, 0.1) is 0 Å². The molecule has 0 fully saturated rings. The van der Waals surface area contributed by atoms with E-state index in [4.69, 9.17) is 10.7 Å². The molecule has 0 bridgehead atoms. The number of rotatable bonds is 4. The third-order valence-corrected chi connectivity index (χ3v) is 5.59. The quantitative estimate of drug-likeness (QED) is 0.558. The van der Waals surface area contributed by atoms with Gasteiger partial charge in [0.2, 0.25) is 0 Å². The topological polar surface area (TPSA) is 84.9 Å². The summed E-state index contributed by atoms with van der Waals surface area (Å²) < 4.78 is 2.21. The van der Waals surface area contributed by atoms with Crippen molar-refractivity contribution < 1.29 is 0 Å². The molecule has 146 valence electrons. The number of aromatic nitrogens is 4. The van der Waals surface area contributed by atoms with E-state index >= 15 is 0 Å². The summed E-state index contributed by atoms with van der Waals surface area (Å²) in [5.41, 5.74) is 8.16. The Morgan fingerprint density at radius 3 is 2.83 bits per heavy atom. The molecule has 1 atom stereocenters. The highest BCUT2D eigenvalue weighted by Gasteiger charge is 2.25. The van der Waals surface area contributed by atoms with Gasteiger partial charge in [0.05, 0.1) is 6.04 Å². The largest absolute Gasteiger partial charge is 0.383 e. The molecule has 4 aromatic rings. The molecule has 0 saturated heterocycles. The van der Waals surface area contributed by atoms with Gasteiger partial charge >= 0.3 is 0 Å². The molecule has 1 aromatic carbocycles. The highest BCUT2D eigenvalue weighted by atomic mass is 15.3. The molecule has 5 rings (SSSR count). The molecular formula is C22H23N7. The first-order chi connectivity index (χ1) is 14.2. The monoisotopic (exact) mass is 385 g/mol. The van der Waals surface area contributed by atoms with Gasteiger partial charge < -0.3 is 20.5 Å². The molecule has 7 heteroatoms. The second kappa shape index (κ2) is 7.09. The Labute approximate surface area is 169 Å². The van der Waals surface area contributed by atoms with E-state index in [1.165, 1.54) is 0 Å². The van der Waals surface area contributed by atoms with E-state index in [1.807, 2.05) is 36.8 Å². The molecule has 3 N–H and O–H groups in total. The Hall–Kier alpha value is -3.61. The van der Waals surface area contributed by atoms with Gasteiger partial charge in [-0.25, -0.2) is 15.0 Å². The zero-order chi connectivity index (χ0) is 19.8. The molecule has 0 radical (unpaired) electrons. The molecule has 1 aliphatic heterocycles. The molecule has 0 amide bonds. The minimum atomic E-state index is 0.213. The van der Waals surface area contributed by atoms with Crippen molar-refractivity contribution in [1.82, 2.24) is 19.5 Å². The van der Waals surface area contributed by atoms with Crippen molar-refractivity contribution in [1.29, 1.82) is 0 Å². The Kier molecular flexibility index (Phi) is 4.27. The number of anilines is 3. The van der Waals surface area contributed by atoms with Gasteiger partial charge in [-0.15, -0.1) is 0 Å². The molecule has 0 saturated carbocycles. The molecule has 29 heavy (non-hydrogen) atoms. The zero-order valence-corrected chi connectivity index (χ0v) is 16.3. The van der Waals surface area contributed by atoms with Crippen molar-refractivity contribution in [3.8, 4) is 0 Å². The lowest BCUT2D eigenvalue weighted by Gasteiger charge is -2.34. The minimum Gasteiger partial charge on any atom is -0.383 e. The van der Waals surface area contributed by atoms with Crippen molar-refractivity contribution in [3.05, 3.63) is 72.6 Å². The van der Waals surface area contributed by atoms with Crippen molar-refractivity contribution in [3.63, 3.8) is 0 Å². The van der Waals surface area contributed by atoms with E-state index in [9.17, 15) is 0 Å². The number of nitrogen functional groups attached to an aromatic ring is 1. The second-order valence-electron chi connectivity index (χ2n) is 7.32. The number of pyridine rings is 2. The lowest BCUT2D eigenvalue weighted by atomic mass is 10.1. The lowest BCUT2D eigenvalue weighted by molar-refractivity contribution is 0.493. The number of nitrogens with one attached hydrogen (secondary N) is 1. The highest BCUT2D eigenvalue weighted by Crippen LogP contribution is 2.29. The number of fused-ring (bicyclic) bond motifs is 2. The van der Waals surface area contributed by atoms with Crippen LogP contribution in [0.4, 0.5) is 17.3 Å². The number of hydrogen-bond acceptors (Lipinski definition) is 6. The maximum atomic E-state index is 5.99. The van der Waals surface area contributed by atoms with Crippen LogP contribution in [-0.2, 0) is 13.1 Å². The first kappa shape index (κ1) is 17.5. The summed E-state index contributed by atoms with van der Waals surface area (Å²) in [6.07, 6.45) is 7.60. The van der Waals surface area contributed by atoms with E-state index < -0.39 is 0 Å². The molecule has 4 heterocycles. The molecular weight excluding hydrogens is 362 g/mol. The average molecular weight is 385 g/mol. The summed E-state index contributed by atoms with van der Waals surface area (Å²) in [5, 5.41) is 5.53. The van der Waals surface area contributed by atoms with E-state index in [-0.39, 0.29) is 6.04 Å². The summed E-state index contributed by atoms with van der Waals surface area (Å²) in [4.78, 5) is 15.7. The van der Waals surface area contributed by atoms with Gasteiger partial charge in [-0.2, -0.15) is 0 Å². The Balaban J connectivity index is 1.31. The van der Waals surface area contributed by atoms with Crippen LogP contribution in [0.15, 0.2) is 61.2 Å². The maximum absolute atomic E-state index is 5.99. The van der Waals surface area contributed by atoms with Crippen LogP contribution >= 0.6 is 0 Å². The number of hydrogen-bond donors (Lipinski definition) is 2.